The zero-order chi connectivity index (χ0) is 22.1. The van der Waals surface area contributed by atoms with Crippen molar-refractivity contribution in [1.82, 2.24) is 34.5 Å². The van der Waals surface area contributed by atoms with Crippen molar-refractivity contribution in [2.75, 3.05) is 44.2 Å². The molecule has 5 heterocycles. The van der Waals surface area contributed by atoms with E-state index < -0.39 is 0 Å². The second-order valence-corrected chi connectivity index (χ2v) is 8.64. The summed E-state index contributed by atoms with van der Waals surface area (Å²) in [7, 11) is 0. The molecule has 2 aliphatic rings. The maximum atomic E-state index is 13.0. The molecule has 0 bridgehead atoms. The number of aromatic nitrogens is 5. The standard InChI is InChI=1S/C23H28N8O/c1-17-10-18(2)31(27-17)22-11-21(25-16-26-22)30-14-20(15-30)23(32)29-8-6-28(7-9-29)13-19-4-3-5-24-12-19/h3-5,10-12,16,20H,6-9,13-15H2,1-2H3. The highest BCUT2D eigenvalue weighted by atomic mass is 16.2. The van der Waals surface area contributed by atoms with Gasteiger partial charge in [-0.2, -0.15) is 5.10 Å². The van der Waals surface area contributed by atoms with Gasteiger partial charge in [-0.25, -0.2) is 14.6 Å². The number of rotatable bonds is 5. The summed E-state index contributed by atoms with van der Waals surface area (Å²) in [5.74, 6) is 1.88. The first kappa shape index (κ1) is 20.6. The first-order valence-corrected chi connectivity index (χ1v) is 11.1. The predicted molar refractivity (Wildman–Crippen MR) is 120 cm³/mol. The summed E-state index contributed by atoms with van der Waals surface area (Å²) in [4.78, 5) is 32.5. The zero-order valence-electron chi connectivity index (χ0n) is 18.6. The van der Waals surface area contributed by atoms with Crippen LogP contribution in [0, 0.1) is 19.8 Å². The molecule has 2 fully saturated rings. The van der Waals surface area contributed by atoms with Gasteiger partial charge in [0, 0.05) is 70.0 Å². The maximum Gasteiger partial charge on any atom is 0.229 e. The SMILES string of the molecule is Cc1cc(C)n(-c2cc(N3CC(C(=O)N4CCN(Cc5cccnc5)CC4)C3)ncn2)n1. The second-order valence-electron chi connectivity index (χ2n) is 8.64. The number of aryl methyl sites for hydroxylation is 2. The van der Waals surface area contributed by atoms with Gasteiger partial charge in [-0.05, 0) is 31.5 Å². The number of carbonyl (C=O) groups is 1. The number of carbonyl (C=O) groups excluding carboxylic acids is 1. The second kappa shape index (κ2) is 8.66. The molecule has 0 atom stereocenters. The fourth-order valence-corrected chi connectivity index (χ4v) is 4.44. The summed E-state index contributed by atoms with van der Waals surface area (Å²) in [6.45, 7) is 9.62. The Labute approximate surface area is 187 Å². The van der Waals surface area contributed by atoms with Gasteiger partial charge in [0.15, 0.2) is 5.82 Å². The van der Waals surface area contributed by atoms with Crippen LogP contribution in [0.15, 0.2) is 43.0 Å². The third kappa shape index (κ3) is 4.20. The smallest absolute Gasteiger partial charge is 0.229 e. The molecule has 0 saturated carbocycles. The summed E-state index contributed by atoms with van der Waals surface area (Å²) >= 11 is 0. The maximum absolute atomic E-state index is 13.0. The Kier molecular flexibility index (Phi) is 5.57. The molecule has 3 aromatic rings. The number of anilines is 1. The molecular formula is C23H28N8O. The minimum atomic E-state index is 0.0342. The fourth-order valence-electron chi connectivity index (χ4n) is 4.44. The lowest BCUT2D eigenvalue weighted by Gasteiger charge is -2.43. The van der Waals surface area contributed by atoms with Gasteiger partial charge in [-0.15, -0.1) is 0 Å². The lowest BCUT2D eigenvalue weighted by Crippen LogP contribution is -2.58. The summed E-state index contributed by atoms with van der Waals surface area (Å²) in [6.07, 6.45) is 5.27. The number of piperazine rings is 1. The molecule has 166 valence electrons. The van der Waals surface area contributed by atoms with Crippen molar-refractivity contribution < 1.29 is 4.79 Å². The van der Waals surface area contributed by atoms with Crippen LogP contribution in [-0.2, 0) is 11.3 Å². The normalized spacial score (nSPS) is 17.4. The van der Waals surface area contributed by atoms with E-state index >= 15 is 0 Å². The van der Waals surface area contributed by atoms with Crippen LogP contribution < -0.4 is 4.90 Å². The van der Waals surface area contributed by atoms with E-state index in [-0.39, 0.29) is 11.8 Å². The first-order chi connectivity index (χ1) is 15.6. The molecule has 2 saturated heterocycles. The topological polar surface area (TPSA) is 83.3 Å². The molecule has 32 heavy (non-hydrogen) atoms. The van der Waals surface area contributed by atoms with Crippen molar-refractivity contribution in [2.24, 2.45) is 5.92 Å². The molecule has 9 heteroatoms. The highest BCUT2D eigenvalue weighted by Gasteiger charge is 2.37. The van der Waals surface area contributed by atoms with E-state index in [0.29, 0.717) is 13.1 Å². The van der Waals surface area contributed by atoms with Crippen LogP contribution in [0.4, 0.5) is 5.82 Å². The van der Waals surface area contributed by atoms with E-state index in [9.17, 15) is 4.79 Å². The Morgan fingerprint density at radius 3 is 2.53 bits per heavy atom. The van der Waals surface area contributed by atoms with Crippen LogP contribution in [0.3, 0.4) is 0 Å². The number of amides is 1. The van der Waals surface area contributed by atoms with Crippen molar-refractivity contribution in [3.63, 3.8) is 0 Å². The number of nitrogens with zero attached hydrogens (tertiary/aromatic N) is 8. The first-order valence-electron chi connectivity index (χ1n) is 11.1. The van der Waals surface area contributed by atoms with Gasteiger partial charge < -0.3 is 9.80 Å². The Hall–Kier alpha value is -3.33. The van der Waals surface area contributed by atoms with Gasteiger partial charge in [-0.1, -0.05) is 6.07 Å². The van der Waals surface area contributed by atoms with Crippen LogP contribution in [0.1, 0.15) is 17.0 Å². The van der Waals surface area contributed by atoms with E-state index in [1.807, 2.05) is 47.8 Å². The molecule has 5 rings (SSSR count). The minimum absolute atomic E-state index is 0.0342. The van der Waals surface area contributed by atoms with Crippen LogP contribution in [-0.4, -0.2) is 79.7 Å². The number of pyridine rings is 1. The molecule has 0 aromatic carbocycles. The van der Waals surface area contributed by atoms with Crippen LogP contribution >= 0.6 is 0 Å². The third-order valence-corrected chi connectivity index (χ3v) is 6.23. The van der Waals surface area contributed by atoms with Crippen molar-refractivity contribution in [3.05, 3.63) is 59.9 Å². The zero-order valence-corrected chi connectivity index (χ0v) is 18.6. The Morgan fingerprint density at radius 1 is 1.06 bits per heavy atom. The number of hydrogen-bond acceptors (Lipinski definition) is 7. The quantitative estimate of drug-likeness (QED) is 0.603. The molecule has 1 amide bonds. The van der Waals surface area contributed by atoms with Gasteiger partial charge in [0.05, 0.1) is 11.6 Å². The van der Waals surface area contributed by atoms with Gasteiger partial charge >= 0.3 is 0 Å². The molecule has 3 aromatic heterocycles. The van der Waals surface area contributed by atoms with Crippen molar-refractivity contribution in [3.8, 4) is 5.82 Å². The third-order valence-electron chi connectivity index (χ3n) is 6.23. The average Bonchev–Trinajstić information content (AvgIpc) is 3.12. The monoisotopic (exact) mass is 432 g/mol. The van der Waals surface area contributed by atoms with Gasteiger partial charge in [0.1, 0.15) is 12.1 Å². The highest BCUT2D eigenvalue weighted by Crippen LogP contribution is 2.26. The average molecular weight is 433 g/mol. The Bertz CT molecular complexity index is 1080. The van der Waals surface area contributed by atoms with Crippen molar-refractivity contribution in [1.29, 1.82) is 0 Å². The van der Waals surface area contributed by atoms with Crippen molar-refractivity contribution >= 4 is 11.7 Å². The molecule has 9 nitrogen and oxygen atoms in total. The van der Waals surface area contributed by atoms with Crippen LogP contribution in [0.2, 0.25) is 0 Å². The largest absolute Gasteiger partial charge is 0.355 e. The molecule has 0 aliphatic carbocycles. The van der Waals surface area contributed by atoms with Crippen LogP contribution in [0.5, 0.6) is 0 Å². The highest BCUT2D eigenvalue weighted by molar-refractivity contribution is 5.82. The Morgan fingerprint density at radius 2 is 1.84 bits per heavy atom. The summed E-state index contributed by atoms with van der Waals surface area (Å²) < 4.78 is 1.83. The summed E-state index contributed by atoms with van der Waals surface area (Å²) in [5, 5.41) is 4.50. The lowest BCUT2D eigenvalue weighted by molar-refractivity contribution is -0.138. The molecule has 0 radical (unpaired) electrons. The fraction of sp³-hybridized carbons (Fsp3) is 0.435. The summed E-state index contributed by atoms with van der Waals surface area (Å²) in [6, 6.07) is 8.03. The summed E-state index contributed by atoms with van der Waals surface area (Å²) in [5.41, 5.74) is 3.20. The van der Waals surface area contributed by atoms with E-state index in [2.05, 4.69) is 35.9 Å². The molecule has 0 spiro atoms. The van der Waals surface area contributed by atoms with Gasteiger partial charge in [-0.3, -0.25) is 14.7 Å². The van der Waals surface area contributed by atoms with Gasteiger partial charge in [0.2, 0.25) is 5.91 Å². The van der Waals surface area contributed by atoms with Crippen LogP contribution in [0.25, 0.3) is 5.82 Å². The predicted octanol–water partition coefficient (Wildman–Crippen LogP) is 1.45. The lowest BCUT2D eigenvalue weighted by atomic mass is 9.98. The molecule has 2 aliphatic heterocycles. The van der Waals surface area contributed by atoms with E-state index in [1.54, 1.807) is 12.5 Å². The minimum Gasteiger partial charge on any atom is -0.355 e. The molecular weight excluding hydrogens is 404 g/mol. The molecule has 0 unspecified atom stereocenters. The van der Waals surface area contributed by atoms with Crippen molar-refractivity contribution in [2.45, 2.75) is 20.4 Å². The van der Waals surface area contributed by atoms with E-state index in [4.69, 9.17) is 0 Å². The van der Waals surface area contributed by atoms with Gasteiger partial charge in [0.25, 0.3) is 0 Å². The van der Waals surface area contributed by atoms with E-state index in [0.717, 1.165) is 55.7 Å². The molecule has 0 N–H and O–H groups in total. The Balaban J connectivity index is 1.14. The number of hydrogen-bond donors (Lipinski definition) is 0. The van der Waals surface area contributed by atoms with E-state index in [1.165, 1.54) is 5.56 Å².